The molecule has 1 rings (SSSR count). The highest BCUT2D eigenvalue weighted by atomic mass is 32.2. The van der Waals surface area contributed by atoms with Crippen LogP contribution in [-0.2, 0) is 9.59 Å². The number of hydrogen-bond donors (Lipinski definition) is 3. The van der Waals surface area contributed by atoms with Crippen LogP contribution in [0, 0.1) is 0 Å². The SMILES string of the molecule is CCNC(=O)CNC(=O)N1C(C)SCC1C(=O)O. The van der Waals surface area contributed by atoms with Crippen LogP contribution in [0.1, 0.15) is 13.8 Å². The third-order valence-electron chi connectivity index (χ3n) is 2.52. The van der Waals surface area contributed by atoms with E-state index in [0.29, 0.717) is 12.3 Å². The predicted molar refractivity (Wildman–Crippen MR) is 67.3 cm³/mol. The summed E-state index contributed by atoms with van der Waals surface area (Å²) in [5.74, 6) is -0.956. The number of nitrogens with one attached hydrogen (secondary N) is 2. The summed E-state index contributed by atoms with van der Waals surface area (Å²) in [6, 6.07) is -1.36. The molecule has 1 aliphatic rings. The van der Waals surface area contributed by atoms with E-state index in [4.69, 9.17) is 5.11 Å². The number of amides is 3. The van der Waals surface area contributed by atoms with E-state index < -0.39 is 18.0 Å². The Labute approximate surface area is 109 Å². The van der Waals surface area contributed by atoms with Gasteiger partial charge in [0.2, 0.25) is 5.91 Å². The van der Waals surface area contributed by atoms with Crippen molar-refractivity contribution in [2.45, 2.75) is 25.3 Å². The van der Waals surface area contributed by atoms with E-state index in [1.54, 1.807) is 13.8 Å². The summed E-state index contributed by atoms with van der Waals surface area (Å²) in [5.41, 5.74) is 0. The molecule has 7 nitrogen and oxygen atoms in total. The quantitative estimate of drug-likeness (QED) is 0.653. The summed E-state index contributed by atoms with van der Waals surface area (Å²) >= 11 is 1.40. The van der Waals surface area contributed by atoms with Crippen molar-refractivity contribution in [1.82, 2.24) is 15.5 Å². The van der Waals surface area contributed by atoms with Gasteiger partial charge in [-0.2, -0.15) is 0 Å². The molecule has 0 aromatic heterocycles. The van der Waals surface area contributed by atoms with Gasteiger partial charge in [0.15, 0.2) is 0 Å². The van der Waals surface area contributed by atoms with Gasteiger partial charge in [-0.1, -0.05) is 0 Å². The van der Waals surface area contributed by atoms with E-state index in [1.165, 1.54) is 16.7 Å². The fourth-order valence-corrected chi connectivity index (χ4v) is 2.82. The molecular weight excluding hydrogens is 258 g/mol. The molecule has 0 bridgehead atoms. The Balaban J connectivity index is 2.54. The first-order valence-electron chi connectivity index (χ1n) is 5.64. The topological polar surface area (TPSA) is 98.7 Å². The lowest BCUT2D eigenvalue weighted by Crippen LogP contribution is -2.51. The molecule has 0 aromatic carbocycles. The van der Waals surface area contributed by atoms with Gasteiger partial charge in [0.1, 0.15) is 6.04 Å². The molecule has 0 spiro atoms. The van der Waals surface area contributed by atoms with Crippen LogP contribution >= 0.6 is 11.8 Å². The van der Waals surface area contributed by atoms with Crippen molar-refractivity contribution in [2.75, 3.05) is 18.8 Å². The van der Waals surface area contributed by atoms with Crippen LogP contribution in [0.3, 0.4) is 0 Å². The summed E-state index contributed by atoms with van der Waals surface area (Å²) in [6.45, 7) is 3.88. The first-order chi connectivity index (χ1) is 8.47. The van der Waals surface area contributed by atoms with Gasteiger partial charge in [-0.15, -0.1) is 11.8 Å². The van der Waals surface area contributed by atoms with Gasteiger partial charge in [-0.05, 0) is 13.8 Å². The summed E-state index contributed by atoms with van der Waals surface area (Å²) in [5, 5.41) is 13.8. The predicted octanol–water partition coefficient (Wildman–Crippen LogP) is -0.320. The Morgan fingerprint density at radius 3 is 2.61 bits per heavy atom. The maximum absolute atomic E-state index is 11.8. The second kappa shape index (κ2) is 6.48. The van der Waals surface area contributed by atoms with E-state index in [1.807, 2.05) is 0 Å². The molecule has 1 heterocycles. The van der Waals surface area contributed by atoms with Crippen molar-refractivity contribution in [1.29, 1.82) is 0 Å². The number of carboxylic acid groups (broad SMARTS) is 1. The molecule has 18 heavy (non-hydrogen) atoms. The summed E-state index contributed by atoms with van der Waals surface area (Å²) < 4.78 is 0. The number of carboxylic acids is 1. The molecule has 1 fully saturated rings. The number of thioether (sulfide) groups is 1. The molecule has 102 valence electrons. The van der Waals surface area contributed by atoms with E-state index in [2.05, 4.69) is 10.6 Å². The van der Waals surface area contributed by atoms with E-state index in [0.717, 1.165) is 0 Å². The number of hydrogen-bond acceptors (Lipinski definition) is 4. The lowest BCUT2D eigenvalue weighted by Gasteiger charge is -2.25. The normalized spacial score (nSPS) is 22.7. The molecule has 1 saturated heterocycles. The number of urea groups is 1. The monoisotopic (exact) mass is 275 g/mol. The van der Waals surface area contributed by atoms with Gasteiger partial charge in [0, 0.05) is 12.3 Å². The van der Waals surface area contributed by atoms with E-state index in [-0.39, 0.29) is 17.8 Å². The zero-order valence-electron chi connectivity index (χ0n) is 10.3. The van der Waals surface area contributed by atoms with E-state index >= 15 is 0 Å². The molecule has 0 radical (unpaired) electrons. The Bertz CT molecular complexity index is 350. The first-order valence-corrected chi connectivity index (χ1v) is 6.69. The highest BCUT2D eigenvalue weighted by molar-refractivity contribution is 8.00. The van der Waals surface area contributed by atoms with Crippen molar-refractivity contribution in [2.24, 2.45) is 0 Å². The third-order valence-corrected chi connectivity index (χ3v) is 3.73. The molecule has 3 N–H and O–H groups in total. The van der Waals surface area contributed by atoms with Gasteiger partial charge in [-0.3, -0.25) is 9.69 Å². The Hall–Kier alpha value is -1.44. The van der Waals surface area contributed by atoms with E-state index in [9.17, 15) is 14.4 Å². The molecule has 8 heteroatoms. The number of likely N-dealkylation sites (N-methyl/N-ethyl adjacent to an activating group) is 1. The van der Waals surface area contributed by atoms with Crippen LogP contribution in [0.5, 0.6) is 0 Å². The van der Waals surface area contributed by atoms with Gasteiger partial charge < -0.3 is 15.7 Å². The second-order valence-corrected chi connectivity index (χ2v) is 5.16. The molecule has 1 aliphatic heterocycles. The summed E-state index contributed by atoms with van der Waals surface area (Å²) in [7, 11) is 0. The molecule has 0 aliphatic carbocycles. The zero-order valence-corrected chi connectivity index (χ0v) is 11.1. The minimum atomic E-state index is -1.03. The van der Waals surface area contributed by atoms with Crippen LogP contribution in [0.15, 0.2) is 0 Å². The molecule has 0 aromatic rings. The average molecular weight is 275 g/mol. The van der Waals surface area contributed by atoms with Crippen molar-refractivity contribution in [3.63, 3.8) is 0 Å². The van der Waals surface area contributed by atoms with Crippen LogP contribution < -0.4 is 10.6 Å². The van der Waals surface area contributed by atoms with Gasteiger partial charge in [-0.25, -0.2) is 9.59 Å². The number of carbonyl (C=O) groups excluding carboxylic acids is 2. The van der Waals surface area contributed by atoms with Gasteiger partial charge >= 0.3 is 12.0 Å². The van der Waals surface area contributed by atoms with Crippen molar-refractivity contribution >= 4 is 29.7 Å². The van der Waals surface area contributed by atoms with Crippen LogP contribution in [0.25, 0.3) is 0 Å². The fourth-order valence-electron chi connectivity index (χ4n) is 1.65. The van der Waals surface area contributed by atoms with Crippen LogP contribution in [0.4, 0.5) is 4.79 Å². The third kappa shape index (κ3) is 3.52. The average Bonchev–Trinajstić information content (AvgIpc) is 2.68. The maximum atomic E-state index is 11.8. The van der Waals surface area contributed by atoms with Crippen molar-refractivity contribution in [3.8, 4) is 0 Å². The number of rotatable bonds is 4. The molecule has 2 unspecified atom stereocenters. The number of carbonyl (C=O) groups is 3. The number of aliphatic carboxylic acids is 1. The maximum Gasteiger partial charge on any atom is 0.327 e. The molecule has 0 saturated carbocycles. The lowest BCUT2D eigenvalue weighted by atomic mass is 10.3. The molecular formula is C10H17N3O4S. The minimum Gasteiger partial charge on any atom is -0.480 e. The Morgan fingerprint density at radius 1 is 1.39 bits per heavy atom. The summed E-state index contributed by atoms with van der Waals surface area (Å²) in [4.78, 5) is 35.3. The summed E-state index contributed by atoms with van der Waals surface area (Å²) in [6.07, 6.45) is 0. The van der Waals surface area contributed by atoms with Crippen LogP contribution in [-0.4, -0.2) is 58.2 Å². The Morgan fingerprint density at radius 2 is 2.06 bits per heavy atom. The van der Waals surface area contributed by atoms with Gasteiger partial charge in [0.25, 0.3) is 0 Å². The zero-order chi connectivity index (χ0) is 13.7. The van der Waals surface area contributed by atoms with Crippen molar-refractivity contribution < 1.29 is 19.5 Å². The first kappa shape index (κ1) is 14.6. The lowest BCUT2D eigenvalue weighted by molar-refractivity contribution is -0.141. The highest BCUT2D eigenvalue weighted by Gasteiger charge is 2.39. The van der Waals surface area contributed by atoms with Crippen molar-refractivity contribution in [3.05, 3.63) is 0 Å². The molecule has 2 atom stereocenters. The standard InChI is InChI=1S/C10H17N3O4S/c1-3-11-8(14)4-12-10(17)13-6(2)18-5-7(13)9(15)16/h6-7H,3-5H2,1-2H3,(H,11,14)(H,12,17)(H,15,16). The fraction of sp³-hybridized carbons (Fsp3) is 0.700. The Kier molecular flexibility index (Phi) is 5.26. The molecule has 3 amide bonds. The van der Waals surface area contributed by atoms with Crippen LogP contribution in [0.2, 0.25) is 0 Å². The number of nitrogens with zero attached hydrogens (tertiary/aromatic N) is 1. The largest absolute Gasteiger partial charge is 0.480 e. The second-order valence-electron chi connectivity index (χ2n) is 3.81. The van der Waals surface area contributed by atoms with Gasteiger partial charge in [0.05, 0.1) is 11.9 Å². The minimum absolute atomic E-state index is 0.146. The smallest absolute Gasteiger partial charge is 0.327 e. The highest BCUT2D eigenvalue weighted by Crippen LogP contribution is 2.28.